The largest absolute Gasteiger partial charge is 0.497 e. The van der Waals surface area contributed by atoms with Crippen molar-refractivity contribution >= 4 is 23.4 Å². The van der Waals surface area contributed by atoms with Crippen LogP contribution in [0.1, 0.15) is 43.2 Å². The molecule has 1 saturated carbocycles. The molecule has 120 valence electrons. The molecule has 0 aromatic heterocycles. The lowest BCUT2D eigenvalue weighted by molar-refractivity contribution is 0.398. The molecule has 4 rings (SSSR count). The van der Waals surface area contributed by atoms with Crippen molar-refractivity contribution in [1.29, 1.82) is 0 Å². The molecule has 1 aliphatic heterocycles. The smallest absolute Gasteiger partial charge is 0.119 e. The third-order valence-corrected chi connectivity index (χ3v) is 6.04. The van der Waals surface area contributed by atoms with Crippen molar-refractivity contribution in [3.05, 3.63) is 52.1 Å². The van der Waals surface area contributed by atoms with Crippen molar-refractivity contribution < 1.29 is 4.74 Å². The van der Waals surface area contributed by atoms with Crippen LogP contribution in [0.15, 0.2) is 41.0 Å². The first kappa shape index (κ1) is 14.9. The topological polar surface area (TPSA) is 21.3 Å². The summed E-state index contributed by atoms with van der Waals surface area (Å²) in [6, 6.07) is 7.08. The number of ether oxygens (including phenoxy) is 1. The summed E-state index contributed by atoms with van der Waals surface area (Å²) in [5.74, 6) is 1.99. The van der Waals surface area contributed by atoms with Gasteiger partial charge in [-0.05, 0) is 48.2 Å². The molecule has 1 heterocycles. The minimum atomic E-state index is 0.657. The van der Waals surface area contributed by atoms with Gasteiger partial charge in [-0.1, -0.05) is 31.4 Å². The molecule has 0 spiro atoms. The Morgan fingerprint density at radius 2 is 2.04 bits per heavy atom. The van der Waals surface area contributed by atoms with Crippen molar-refractivity contribution in [2.75, 3.05) is 12.9 Å². The van der Waals surface area contributed by atoms with E-state index in [9.17, 15) is 0 Å². The maximum Gasteiger partial charge on any atom is 0.119 e. The van der Waals surface area contributed by atoms with Crippen molar-refractivity contribution in [3.63, 3.8) is 0 Å². The molecule has 0 atom stereocenters. The molecular weight excluding hydrogens is 302 g/mol. The second-order valence-corrected chi connectivity index (χ2v) is 7.48. The Kier molecular flexibility index (Phi) is 4.21. The van der Waals surface area contributed by atoms with E-state index in [0.717, 1.165) is 11.5 Å². The van der Waals surface area contributed by atoms with Gasteiger partial charge in [-0.25, -0.2) is 0 Å². The summed E-state index contributed by atoms with van der Waals surface area (Å²) < 4.78 is 5.39. The fourth-order valence-corrected chi connectivity index (χ4v) is 4.83. The molecule has 1 fully saturated rings. The number of fused-ring (bicyclic) bond motifs is 3. The highest BCUT2D eigenvalue weighted by Gasteiger charge is 2.26. The van der Waals surface area contributed by atoms with Crippen LogP contribution in [0.3, 0.4) is 0 Å². The molecule has 2 nitrogen and oxygen atoms in total. The van der Waals surface area contributed by atoms with Gasteiger partial charge < -0.3 is 10.1 Å². The number of hydrogen-bond donors (Lipinski definition) is 1. The van der Waals surface area contributed by atoms with Gasteiger partial charge in [0.1, 0.15) is 5.75 Å². The predicted octanol–water partition coefficient (Wildman–Crippen LogP) is 4.99. The van der Waals surface area contributed by atoms with Gasteiger partial charge in [0.15, 0.2) is 0 Å². The number of rotatable bonds is 3. The highest BCUT2D eigenvalue weighted by molar-refractivity contribution is 8.04. The van der Waals surface area contributed by atoms with Gasteiger partial charge in [0, 0.05) is 28.0 Å². The maximum absolute atomic E-state index is 5.39. The van der Waals surface area contributed by atoms with Gasteiger partial charge in [0.25, 0.3) is 0 Å². The Balaban J connectivity index is 1.72. The van der Waals surface area contributed by atoms with E-state index in [1.54, 1.807) is 7.11 Å². The third kappa shape index (κ3) is 2.94. The molecule has 1 N–H and O–H groups in total. The minimum Gasteiger partial charge on any atom is -0.497 e. The van der Waals surface area contributed by atoms with E-state index in [1.165, 1.54) is 59.4 Å². The van der Waals surface area contributed by atoms with Crippen molar-refractivity contribution in [1.82, 2.24) is 5.32 Å². The van der Waals surface area contributed by atoms with E-state index in [4.69, 9.17) is 4.74 Å². The van der Waals surface area contributed by atoms with Crippen LogP contribution in [0.4, 0.5) is 0 Å². The average Bonchev–Trinajstić information content (AvgIpc) is 2.88. The third-order valence-electron chi connectivity index (χ3n) is 4.96. The van der Waals surface area contributed by atoms with Crippen LogP contribution in [0, 0.1) is 0 Å². The van der Waals surface area contributed by atoms with Crippen LogP contribution in [0.2, 0.25) is 0 Å². The fraction of sp³-hybridized carbons (Fsp3) is 0.400. The normalized spacial score (nSPS) is 20.7. The number of allylic oxidation sites excluding steroid dienone is 3. The van der Waals surface area contributed by atoms with E-state index < -0.39 is 0 Å². The number of benzene rings is 1. The molecule has 0 bridgehead atoms. The highest BCUT2D eigenvalue weighted by Crippen LogP contribution is 2.45. The lowest BCUT2D eigenvalue weighted by Crippen LogP contribution is -2.31. The Morgan fingerprint density at radius 1 is 1.17 bits per heavy atom. The molecule has 0 amide bonds. The van der Waals surface area contributed by atoms with Crippen LogP contribution in [-0.2, 0) is 0 Å². The maximum atomic E-state index is 5.39. The predicted molar refractivity (Wildman–Crippen MR) is 99.5 cm³/mol. The van der Waals surface area contributed by atoms with Crippen molar-refractivity contribution in [2.45, 2.75) is 38.1 Å². The molecular formula is C20H23NOS. The van der Waals surface area contributed by atoms with Gasteiger partial charge in [-0.15, -0.1) is 11.8 Å². The number of hydrogen-bond acceptors (Lipinski definition) is 3. The van der Waals surface area contributed by atoms with E-state index >= 15 is 0 Å². The standard InChI is InChI=1S/C20H23NOS/c1-22-16-10-11-17-14(12-16)6-5-9-19-20(17)18(13-23-19)21-15-7-3-2-4-8-15/h5-6,9-12,15,21H,2-4,7-8,13H2,1H3. The zero-order chi connectivity index (χ0) is 15.6. The van der Waals surface area contributed by atoms with Crippen molar-refractivity contribution in [2.24, 2.45) is 0 Å². The summed E-state index contributed by atoms with van der Waals surface area (Å²) in [6.07, 6.45) is 13.4. The number of methoxy groups -OCH3 is 1. The summed E-state index contributed by atoms with van der Waals surface area (Å²) in [4.78, 5) is 1.39. The Morgan fingerprint density at radius 3 is 2.87 bits per heavy atom. The first-order valence-corrected chi connectivity index (χ1v) is 9.53. The van der Waals surface area contributed by atoms with Crippen LogP contribution in [0.25, 0.3) is 11.6 Å². The van der Waals surface area contributed by atoms with E-state index in [2.05, 4.69) is 41.7 Å². The van der Waals surface area contributed by atoms with Gasteiger partial charge >= 0.3 is 0 Å². The molecule has 0 radical (unpaired) electrons. The average molecular weight is 325 g/mol. The Labute approximate surface area is 142 Å². The first-order chi connectivity index (χ1) is 11.3. The molecule has 1 aromatic rings. The lowest BCUT2D eigenvalue weighted by Gasteiger charge is -2.25. The van der Waals surface area contributed by atoms with Crippen LogP contribution in [0.5, 0.6) is 5.75 Å². The first-order valence-electron chi connectivity index (χ1n) is 8.55. The molecule has 1 aromatic carbocycles. The van der Waals surface area contributed by atoms with Gasteiger partial charge in [0.2, 0.25) is 0 Å². The summed E-state index contributed by atoms with van der Waals surface area (Å²) >= 11 is 1.95. The summed E-state index contributed by atoms with van der Waals surface area (Å²) in [5.41, 5.74) is 5.40. The molecule has 0 saturated heterocycles. The van der Waals surface area contributed by atoms with Gasteiger partial charge in [-0.3, -0.25) is 0 Å². The summed E-state index contributed by atoms with van der Waals surface area (Å²) in [7, 11) is 1.73. The van der Waals surface area contributed by atoms with Gasteiger partial charge in [-0.2, -0.15) is 0 Å². The molecule has 3 aliphatic rings. The molecule has 3 heteroatoms. The summed E-state index contributed by atoms with van der Waals surface area (Å²) in [6.45, 7) is 0. The number of thioether (sulfide) groups is 1. The summed E-state index contributed by atoms with van der Waals surface area (Å²) in [5, 5.41) is 3.87. The lowest BCUT2D eigenvalue weighted by atomic mass is 9.94. The highest BCUT2D eigenvalue weighted by atomic mass is 32.2. The second kappa shape index (κ2) is 6.48. The van der Waals surface area contributed by atoms with Crippen LogP contribution >= 0.6 is 11.8 Å². The second-order valence-electron chi connectivity index (χ2n) is 6.46. The van der Waals surface area contributed by atoms with Crippen LogP contribution in [-0.4, -0.2) is 18.9 Å². The SMILES string of the molecule is COc1ccc2c(c1)C=CC=C1SCC(NC3CCCCC3)=C12. The zero-order valence-electron chi connectivity index (χ0n) is 13.6. The zero-order valence-corrected chi connectivity index (χ0v) is 14.4. The van der Waals surface area contributed by atoms with Gasteiger partial charge in [0.05, 0.1) is 7.11 Å². The molecule has 0 unspecified atom stereocenters. The van der Waals surface area contributed by atoms with E-state index in [0.29, 0.717) is 6.04 Å². The molecule has 23 heavy (non-hydrogen) atoms. The van der Waals surface area contributed by atoms with Crippen molar-refractivity contribution in [3.8, 4) is 5.75 Å². The Bertz CT molecular complexity index is 696. The molecule has 2 aliphatic carbocycles. The Hall–Kier alpha value is -1.61. The van der Waals surface area contributed by atoms with E-state index in [1.807, 2.05) is 11.8 Å². The quantitative estimate of drug-likeness (QED) is 0.846. The number of nitrogens with one attached hydrogen (secondary N) is 1. The van der Waals surface area contributed by atoms with E-state index in [-0.39, 0.29) is 0 Å². The van der Waals surface area contributed by atoms with Crippen LogP contribution < -0.4 is 10.1 Å². The monoisotopic (exact) mass is 325 g/mol. The fourth-order valence-electron chi connectivity index (χ4n) is 3.75. The minimum absolute atomic E-state index is 0.657.